The summed E-state index contributed by atoms with van der Waals surface area (Å²) >= 11 is 1.54. The van der Waals surface area contributed by atoms with Gasteiger partial charge < -0.3 is 30.7 Å². The van der Waals surface area contributed by atoms with Gasteiger partial charge in [0.1, 0.15) is 22.7 Å². The monoisotopic (exact) mass is 493 g/mol. The van der Waals surface area contributed by atoms with Crippen LogP contribution in [-0.2, 0) is 0 Å². The molecule has 2 aromatic carbocycles. The van der Waals surface area contributed by atoms with Gasteiger partial charge in [0.05, 0.1) is 40.7 Å². The van der Waals surface area contributed by atoms with Crippen molar-refractivity contribution in [3.63, 3.8) is 0 Å². The average molecular weight is 494 g/mol. The Labute approximate surface area is 206 Å². The normalized spacial score (nSPS) is 21.9. The van der Waals surface area contributed by atoms with Crippen LogP contribution < -0.4 is 15.4 Å². The first kappa shape index (κ1) is 23.4. The van der Waals surface area contributed by atoms with E-state index >= 15 is 0 Å². The molecule has 2 heterocycles. The molecule has 1 saturated carbocycles. The molecule has 5 rings (SSSR count). The zero-order valence-corrected chi connectivity index (χ0v) is 20.2. The highest BCUT2D eigenvalue weighted by Gasteiger charge is 2.41. The van der Waals surface area contributed by atoms with E-state index in [1.807, 2.05) is 55.5 Å². The van der Waals surface area contributed by atoms with Gasteiger partial charge in [-0.15, -0.1) is 11.3 Å². The SMILES string of the molecule is COc1ccc(Nc2nc(C)c(-c3nc4ccccc4s3)c(N[C@@H]3C[C@H](CO)[C@@H](O)[C@H]3O)n2)cc1. The highest BCUT2D eigenvalue weighted by molar-refractivity contribution is 7.21. The first-order valence-corrected chi connectivity index (χ1v) is 12.2. The van der Waals surface area contributed by atoms with Crippen LogP contribution in [0.25, 0.3) is 20.8 Å². The van der Waals surface area contributed by atoms with Crippen LogP contribution in [0, 0.1) is 12.8 Å². The number of hydrogen-bond acceptors (Lipinski definition) is 10. The Hall–Kier alpha value is -3.31. The van der Waals surface area contributed by atoms with Crippen molar-refractivity contribution in [1.82, 2.24) is 15.0 Å². The molecule has 4 aromatic rings. The molecule has 0 radical (unpaired) electrons. The minimum absolute atomic E-state index is 0.200. The fourth-order valence-electron chi connectivity index (χ4n) is 4.40. The van der Waals surface area contributed by atoms with Gasteiger partial charge in [-0.05, 0) is 49.7 Å². The molecule has 0 saturated heterocycles. The van der Waals surface area contributed by atoms with Crippen molar-refractivity contribution < 1.29 is 20.1 Å². The number of rotatable bonds is 7. The molecule has 9 nitrogen and oxygen atoms in total. The van der Waals surface area contributed by atoms with E-state index in [2.05, 4.69) is 15.6 Å². The molecule has 35 heavy (non-hydrogen) atoms. The fourth-order valence-corrected chi connectivity index (χ4v) is 5.46. The number of fused-ring (bicyclic) bond motifs is 1. The maximum absolute atomic E-state index is 10.6. The van der Waals surface area contributed by atoms with Crippen LogP contribution in [-0.4, -0.2) is 62.2 Å². The van der Waals surface area contributed by atoms with Crippen LogP contribution in [0.4, 0.5) is 17.5 Å². The molecule has 2 aromatic heterocycles. The van der Waals surface area contributed by atoms with Gasteiger partial charge in [-0.1, -0.05) is 12.1 Å². The first-order valence-electron chi connectivity index (χ1n) is 11.4. The molecule has 0 spiro atoms. The molecule has 1 aliphatic carbocycles. The molecular weight excluding hydrogens is 466 g/mol. The number of thiazole rings is 1. The topological polar surface area (TPSA) is 133 Å². The highest BCUT2D eigenvalue weighted by atomic mass is 32.1. The quantitative estimate of drug-likeness (QED) is 0.263. The number of hydrogen-bond donors (Lipinski definition) is 5. The van der Waals surface area contributed by atoms with Crippen molar-refractivity contribution in [3.05, 3.63) is 54.2 Å². The number of anilines is 3. The number of aryl methyl sites for hydroxylation is 1. The van der Waals surface area contributed by atoms with Crippen LogP contribution in [0.3, 0.4) is 0 Å². The van der Waals surface area contributed by atoms with Crippen molar-refractivity contribution in [2.45, 2.75) is 31.6 Å². The van der Waals surface area contributed by atoms with Gasteiger partial charge >= 0.3 is 0 Å². The van der Waals surface area contributed by atoms with E-state index in [0.29, 0.717) is 23.9 Å². The standard InChI is InChI=1S/C25H27N5O4S/c1-13-20(24-29-17-5-3-4-6-19(17)35-24)23(28-18-11-14(12-31)21(32)22(18)33)30-25(26-13)27-15-7-9-16(34-2)10-8-15/h3-10,14,18,21-22,31-33H,11-12H2,1-2H3,(H2,26,27,28,30)/t14-,18-,21-,22+/m1/s1. The third-order valence-corrected chi connectivity index (χ3v) is 7.36. The minimum Gasteiger partial charge on any atom is -0.497 e. The van der Waals surface area contributed by atoms with Crippen LogP contribution in [0.5, 0.6) is 5.75 Å². The molecule has 0 unspecified atom stereocenters. The van der Waals surface area contributed by atoms with Gasteiger partial charge in [-0.25, -0.2) is 9.97 Å². The highest BCUT2D eigenvalue weighted by Crippen LogP contribution is 2.38. The first-order chi connectivity index (χ1) is 17.0. The number of nitrogens with one attached hydrogen (secondary N) is 2. The Balaban J connectivity index is 1.54. The smallest absolute Gasteiger partial charge is 0.229 e. The molecule has 10 heteroatoms. The average Bonchev–Trinajstić information content (AvgIpc) is 3.40. The fraction of sp³-hybridized carbons (Fsp3) is 0.320. The lowest BCUT2D eigenvalue weighted by Crippen LogP contribution is -2.35. The number of benzene rings is 2. The van der Waals surface area contributed by atoms with Gasteiger partial charge in [0.25, 0.3) is 0 Å². The van der Waals surface area contributed by atoms with Crippen molar-refractivity contribution in [2.75, 3.05) is 24.4 Å². The van der Waals surface area contributed by atoms with E-state index in [1.165, 1.54) is 11.3 Å². The molecule has 0 aliphatic heterocycles. The Kier molecular flexibility index (Phi) is 6.52. The number of nitrogens with zero attached hydrogens (tertiary/aromatic N) is 3. The minimum atomic E-state index is -1.04. The Morgan fingerprint density at radius 2 is 1.80 bits per heavy atom. The van der Waals surface area contributed by atoms with Gasteiger partial charge in [0.2, 0.25) is 5.95 Å². The summed E-state index contributed by atoms with van der Waals surface area (Å²) in [6.07, 6.45) is -1.64. The maximum atomic E-state index is 10.6. The van der Waals surface area contributed by atoms with E-state index in [9.17, 15) is 15.3 Å². The number of para-hydroxylation sites is 1. The summed E-state index contributed by atoms with van der Waals surface area (Å²) < 4.78 is 6.27. The number of aliphatic hydroxyl groups is 3. The van der Waals surface area contributed by atoms with Gasteiger partial charge in [-0.3, -0.25) is 0 Å². The van der Waals surface area contributed by atoms with E-state index in [-0.39, 0.29) is 6.61 Å². The Bertz CT molecular complexity index is 1300. The number of methoxy groups -OCH3 is 1. The summed E-state index contributed by atoms with van der Waals surface area (Å²) in [5.74, 6) is 1.22. The van der Waals surface area contributed by atoms with E-state index in [1.54, 1.807) is 7.11 Å². The van der Waals surface area contributed by atoms with Crippen molar-refractivity contribution >= 4 is 39.0 Å². The Morgan fingerprint density at radius 1 is 1.03 bits per heavy atom. The van der Waals surface area contributed by atoms with Crippen molar-refractivity contribution in [3.8, 4) is 16.3 Å². The van der Waals surface area contributed by atoms with Crippen LogP contribution in [0.2, 0.25) is 0 Å². The zero-order valence-electron chi connectivity index (χ0n) is 19.3. The van der Waals surface area contributed by atoms with Crippen LogP contribution >= 0.6 is 11.3 Å². The Morgan fingerprint density at radius 3 is 2.49 bits per heavy atom. The lowest BCUT2D eigenvalue weighted by Gasteiger charge is -2.21. The zero-order chi connectivity index (χ0) is 24.5. The van der Waals surface area contributed by atoms with E-state index in [0.717, 1.165) is 32.2 Å². The molecule has 0 bridgehead atoms. The van der Waals surface area contributed by atoms with Crippen molar-refractivity contribution in [1.29, 1.82) is 0 Å². The summed E-state index contributed by atoms with van der Waals surface area (Å²) in [7, 11) is 1.61. The van der Waals surface area contributed by atoms with E-state index in [4.69, 9.17) is 14.7 Å². The summed E-state index contributed by atoms with van der Waals surface area (Å²) in [5, 5.41) is 37.8. The third kappa shape index (κ3) is 4.65. The molecule has 1 fully saturated rings. The van der Waals surface area contributed by atoms with Gasteiger partial charge in [0.15, 0.2) is 0 Å². The van der Waals surface area contributed by atoms with Gasteiger partial charge in [-0.2, -0.15) is 4.98 Å². The molecule has 1 aliphatic rings. The summed E-state index contributed by atoms with van der Waals surface area (Å²) in [6.45, 7) is 1.69. The summed E-state index contributed by atoms with van der Waals surface area (Å²) in [5.41, 5.74) is 3.13. The molecular formula is C25H27N5O4S. The summed E-state index contributed by atoms with van der Waals surface area (Å²) in [6, 6.07) is 14.8. The second-order valence-corrected chi connectivity index (χ2v) is 9.64. The predicted molar refractivity (Wildman–Crippen MR) is 136 cm³/mol. The number of aromatic nitrogens is 3. The number of ether oxygens (including phenoxy) is 1. The van der Waals surface area contributed by atoms with Crippen molar-refractivity contribution in [2.24, 2.45) is 5.92 Å². The van der Waals surface area contributed by atoms with Crippen LogP contribution in [0.15, 0.2) is 48.5 Å². The third-order valence-electron chi connectivity index (χ3n) is 6.30. The number of aliphatic hydroxyl groups excluding tert-OH is 3. The maximum Gasteiger partial charge on any atom is 0.229 e. The van der Waals surface area contributed by atoms with Gasteiger partial charge in [0, 0.05) is 18.2 Å². The predicted octanol–water partition coefficient (Wildman–Crippen LogP) is 3.33. The lowest BCUT2D eigenvalue weighted by molar-refractivity contribution is 0.00446. The summed E-state index contributed by atoms with van der Waals surface area (Å²) in [4.78, 5) is 14.2. The lowest BCUT2D eigenvalue weighted by atomic mass is 10.1. The molecule has 4 atom stereocenters. The second-order valence-electron chi connectivity index (χ2n) is 8.61. The molecule has 5 N–H and O–H groups in total. The largest absolute Gasteiger partial charge is 0.497 e. The van der Waals surface area contributed by atoms with Crippen LogP contribution in [0.1, 0.15) is 12.1 Å². The second kappa shape index (κ2) is 9.74. The molecule has 182 valence electrons. The molecule has 0 amide bonds. The van der Waals surface area contributed by atoms with E-state index < -0.39 is 24.2 Å².